The van der Waals surface area contributed by atoms with E-state index >= 15 is 0 Å². The van der Waals surface area contributed by atoms with Gasteiger partial charge < -0.3 is 10.0 Å². The van der Waals surface area contributed by atoms with Crippen molar-refractivity contribution in [2.75, 3.05) is 44.2 Å². The van der Waals surface area contributed by atoms with Gasteiger partial charge in [-0.25, -0.2) is 0 Å². The van der Waals surface area contributed by atoms with Crippen molar-refractivity contribution in [2.24, 2.45) is 0 Å². The molecule has 1 N–H and O–H groups in total. The Bertz CT molecular complexity index is 454. The summed E-state index contributed by atoms with van der Waals surface area (Å²) in [6, 6.07) is 4.18. The monoisotopic (exact) mass is 288 g/mol. The molecule has 1 aromatic carbocycles. The molecule has 1 aromatic rings. The van der Waals surface area contributed by atoms with Gasteiger partial charge in [-0.2, -0.15) is 13.2 Å². The molecule has 0 spiro atoms. The second-order valence-corrected chi connectivity index (χ2v) is 5.11. The highest BCUT2D eigenvalue weighted by molar-refractivity contribution is 5.52. The molecule has 1 aliphatic heterocycles. The number of piperazine rings is 1. The van der Waals surface area contributed by atoms with Gasteiger partial charge >= 0.3 is 6.18 Å². The Kier molecular flexibility index (Phi) is 4.55. The number of benzene rings is 1. The lowest BCUT2D eigenvalue weighted by molar-refractivity contribution is -0.137. The molecule has 0 atom stereocenters. The second kappa shape index (κ2) is 6.01. The van der Waals surface area contributed by atoms with Crippen LogP contribution >= 0.6 is 0 Å². The van der Waals surface area contributed by atoms with E-state index in [1.54, 1.807) is 13.0 Å². The molecule has 1 fully saturated rings. The van der Waals surface area contributed by atoms with Gasteiger partial charge in [0.05, 0.1) is 12.2 Å². The topological polar surface area (TPSA) is 26.7 Å². The Labute approximate surface area is 116 Å². The first-order valence-corrected chi connectivity index (χ1v) is 6.67. The number of alkyl halides is 3. The fourth-order valence-electron chi connectivity index (χ4n) is 2.48. The Morgan fingerprint density at radius 1 is 1.10 bits per heavy atom. The highest BCUT2D eigenvalue weighted by Crippen LogP contribution is 2.33. The van der Waals surface area contributed by atoms with Crippen LogP contribution in [-0.4, -0.2) is 49.3 Å². The Morgan fingerprint density at radius 2 is 1.75 bits per heavy atom. The largest absolute Gasteiger partial charge is 0.416 e. The van der Waals surface area contributed by atoms with Crippen molar-refractivity contribution < 1.29 is 18.3 Å². The van der Waals surface area contributed by atoms with Gasteiger partial charge in [-0.3, -0.25) is 4.90 Å². The summed E-state index contributed by atoms with van der Waals surface area (Å²) in [6.45, 7) is 5.30. The van der Waals surface area contributed by atoms with Crippen LogP contribution in [0.15, 0.2) is 18.2 Å². The molecule has 0 aromatic heterocycles. The first-order chi connectivity index (χ1) is 9.40. The van der Waals surface area contributed by atoms with Crippen molar-refractivity contribution >= 4 is 5.69 Å². The maximum absolute atomic E-state index is 12.8. The van der Waals surface area contributed by atoms with Gasteiger partial charge in [-0.15, -0.1) is 0 Å². The van der Waals surface area contributed by atoms with Crippen molar-refractivity contribution in [3.05, 3.63) is 29.3 Å². The second-order valence-electron chi connectivity index (χ2n) is 5.11. The van der Waals surface area contributed by atoms with E-state index in [0.717, 1.165) is 13.1 Å². The Morgan fingerprint density at radius 3 is 2.30 bits per heavy atom. The molecule has 112 valence electrons. The van der Waals surface area contributed by atoms with Crippen molar-refractivity contribution in [1.29, 1.82) is 0 Å². The summed E-state index contributed by atoms with van der Waals surface area (Å²) in [7, 11) is 0. The van der Waals surface area contributed by atoms with Crippen LogP contribution in [0.5, 0.6) is 0 Å². The average Bonchev–Trinajstić information content (AvgIpc) is 2.38. The van der Waals surface area contributed by atoms with Crippen LogP contribution in [-0.2, 0) is 6.18 Å². The summed E-state index contributed by atoms with van der Waals surface area (Å²) in [5, 5.41) is 8.88. The van der Waals surface area contributed by atoms with Gasteiger partial charge in [-0.1, -0.05) is 0 Å². The molecule has 0 radical (unpaired) electrons. The number of aliphatic hydroxyl groups is 1. The lowest BCUT2D eigenvalue weighted by atomic mass is 10.1. The van der Waals surface area contributed by atoms with E-state index < -0.39 is 11.7 Å². The summed E-state index contributed by atoms with van der Waals surface area (Å²) in [5.41, 5.74) is 0.652. The molecule has 0 amide bonds. The van der Waals surface area contributed by atoms with Gasteiger partial charge in [0.1, 0.15) is 0 Å². The molecule has 6 heteroatoms. The van der Waals surface area contributed by atoms with Gasteiger partial charge in [-0.05, 0) is 30.7 Å². The number of halogens is 3. The number of rotatable bonds is 3. The molecule has 1 saturated heterocycles. The predicted octanol–water partition coefficient (Wildman–Crippen LogP) is 2.13. The minimum Gasteiger partial charge on any atom is -0.395 e. The minimum absolute atomic E-state index is 0.114. The van der Waals surface area contributed by atoms with E-state index in [9.17, 15) is 13.2 Å². The van der Waals surface area contributed by atoms with Crippen LogP contribution in [0.25, 0.3) is 0 Å². The van der Waals surface area contributed by atoms with Crippen molar-refractivity contribution in [1.82, 2.24) is 4.90 Å². The Balaban J connectivity index is 2.12. The quantitative estimate of drug-likeness (QED) is 0.923. The summed E-state index contributed by atoms with van der Waals surface area (Å²) in [5.74, 6) is 0. The van der Waals surface area contributed by atoms with E-state index in [1.165, 1.54) is 12.1 Å². The first kappa shape index (κ1) is 15.1. The molecule has 1 heterocycles. The molecule has 0 bridgehead atoms. The summed E-state index contributed by atoms with van der Waals surface area (Å²) >= 11 is 0. The van der Waals surface area contributed by atoms with Gasteiger partial charge in [0.2, 0.25) is 0 Å². The molecule has 2 rings (SSSR count). The molecule has 20 heavy (non-hydrogen) atoms. The van der Waals surface area contributed by atoms with E-state index in [4.69, 9.17) is 5.11 Å². The summed E-state index contributed by atoms with van der Waals surface area (Å²) in [4.78, 5) is 4.08. The normalized spacial score (nSPS) is 17.6. The highest BCUT2D eigenvalue weighted by atomic mass is 19.4. The smallest absolute Gasteiger partial charge is 0.395 e. The van der Waals surface area contributed by atoms with Crippen molar-refractivity contribution in [3.63, 3.8) is 0 Å². The summed E-state index contributed by atoms with van der Waals surface area (Å²) < 4.78 is 38.5. The van der Waals surface area contributed by atoms with E-state index in [1.807, 2.05) is 4.90 Å². The molecule has 0 saturated carbocycles. The average molecular weight is 288 g/mol. The van der Waals surface area contributed by atoms with Gasteiger partial charge in [0.15, 0.2) is 0 Å². The fourth-order valence-corrected chi connectivity index (χ4v) is 2.48. The van der Waals surface area contributed by atoms with Crippen molar-refractivity contribution in [2.45, 2.75) is 13.1 Å². The first-order valence-electron chi connectivity index (χ1n) is 6.67. The fraction of sp³-hybridized carbons (Fsp3) is 0.571. The molecule has 0 unspecified atom stereocenters. The van der Waals surface area contributed by atoms with Crippen LogP contribution in [0.3, 0.4) is 0 Å². The van der Waals surface area contributed by atoms with E-state index in [2.05, 4.69) is 4.90 Å². The minimum atomic E-state index is -4.31. The van der Waals surface area contributed by atoms with Crippen LogP contribution in [0, 0.1) is 6.92 Å². The van der Waals surface area contributed by atoms with Gasteiger partial charge in [0.25, 0.3) is 0 Å². The third-order valence-electron chi connectivity index (χ3n) is 3.54. The van der Waals surface area contributed by atoms with Crippen LogP contribution in [0.1, 0.15) is 11.1 Å². The van der Waals surface area contributed by atoms with E-state index in [0.29, 0.717) is 30.9 Å². The number of aliphatic hydroxyl groups excluding tert-OH is 1. The predicted molar refractivity (Wildman–Crippen MR) is 71.9 cm³/mol. The van der Waals surface area contributed by atoms with Crippen LogP contribution in [0.2, 0.25) is 0 Å². The van der Waals surface area contributed by atoms with Gasteiger partial charge in [0, 0.05) is 38.4 Å². The third kappa shape index (κ3) is 3.64. The lowest BCUT2D eigenvalue weighted by Crippen LogP contribution is -2.47. The maximum atomic E-state index is 12.8. The SMILES string of the molecule is Cc1cc(N2CCN(CCO)CC2)cc(C(F)(F)F)c1. The van der Waals surface area contributed by atoms with Crippen molar-refractivity contribution in [3.8, 4) is 0 Å². The third-order valence-corrected chi connectivity index (χ3v) is 3.54. The Hall–Kier alpha value is -1.27. The molecular formula is C14H19F3N2O. The standard InChI is InChI=1S/C14H19F3N2O/c1-11-8-12(14(15,16)17)10-13(9-11)19-4-2-18(3-5-19)6-7-20/h8-10,20H,2-7H2,1H3. The lowest BCUT2D eigenvalue weighted by Gasteiger charge is -2.36. The zero-order valence-corrected chi connectivity index (χ0v) is 11.5. The molecule has 3 nitrogen and oxygen atoms in total. The zero-order chi connectivity index (χ0) is 14.8. The molecular weight excluding hydrogens is 269 g/mol. The number of nitrogens with zero attached hydrogens (tertiary/aromatic N) is 2. The summed E-state index contributed by atoms with van der Waals surface area (Å²) in [6.07, 6.45) is -4.31. The zero-order valence-electron chi connectivity index (χ0n) is 11.5. The molecule has 1 aliphatic rings. The number of anilines is 1. The van der Waals surface area contributed by atoms with E-state index in [-0.39, 0.29) is 6.61 Å². The number of hydrogen-bond donors (Lipinski definition) is 1. The number of hydrogen-bond acceptors (Lipinski definition) is 3. The maximum Gasteiger partial charge on any atom is 0.416 e. The number of β-amino-alcohol motifs (C(OH)–C–C–N with tert-alkyl or cyclic N) is 1. The van der Waals surface area contributed by atoms with Crippen LogP contribution in [0.4, 0.5) is 18.9 Å². The highest BCUT2D eigenvalue weighted by Gasteiger charge is 2.31. The van der Waals surface area contributed by atoms with Crippen LogP contribution < -0.4 is 4.90 Å². The number of aryl methyl sites for hydroxylation is 1. The molecule has 0 aliphatic carbocycles.